The van der Waals surface area contributed by atoms with Gasteiger partial charge in [0, 0.05) is 20.8 Å². The summed E-state index contributed by atoms with van der Waals surface area (Å²) in [6, 6.07) is 5.16. The Morgan fingerprint density at radius 2 is 1.45 bits per heavy atom. The highest BCUT2D eigenvalue weighted by molar-refractivity contribution is 7.99. The summed E-state index contributed by atoms with van der Waals surface area (Å²) in [7, 11) is 0. The average molecular weight is 859 g/mol. The minimum atomic E-state index is -1.98. The van der Waals surface area contributed by atoms with Crippen LogP contribution in [0.15, 0.2) is 30.3 Å². The summed E-state index contributed by atoms with van der Waals surface area (Å²) >= 11 is 18.1. The summed E-state index contributed by atoms with van der Waals surface area (Å²) in [5.41, 5.74) is -1.37. The Labute approximate surface area is 337 Å². The van der Waals surface area contributed by atoms with Gasteiger partial charge >= 0.3 is 36.1 Å². The van der Waals surface area contributed by atoms with Crippen molar-refractivity contribution < 1.29 is 66.7 Å². The molecule has 1 aliphatic heterocycles. The number of ether oxygens (including phenoxy) is 7. The molecule has 0 bridgehead atoms. The van der Waals surface area contributed by atoms with Crippen LogP contribution in [0.2, 0.25) is 0 Å². The molecular weight excluding hydrogens is 813 g/mol. The van der Waals surface area contributed by atoms with Crippen LogP contribution in [0.1, 0.15) is 60.5 Å². The highest BCUT2D eigenvalue weighted by Crippen LogP contribution is 2.33. The van der Waals surface area contributed by atoms with E-state index in [-0.39, 0.29) is 18.8 Å². The number of nitrogens with one attached hydrogen (secondary N) is 3. The van der Waals surface area contributed by atoms with Gasteiger partial charge in [0.25, 0.3) is 0 Å². The molecule has 0 aliphatic carbocycles. The Hall–Kier alpha value is -3.71. The van der Waals surface area contributed by atoms with E-state index in [1.807, 2.05) is 6.07 Å². The number of rotatable bonds is 16. The predicted octanol–water partition coefficient (Wildman–Crippen LogP) is 3.87. The maximum absolute atomic E-state index is 13.5. The number of esters is 4. The zero-order valence-electron chi connectivity index (χ0n) is 31.2. The number of benzene rings is 1. The number of carbonyl (C=O) groups excluding carboxylic acids is 7. The lowest BCUT2D eigenvalue weighted by atomic mass is 9.97. The maximum Gasteiger partial charge on any atom is 0.408 e. The summed E-state index contributed by atoms with van der Waals surface area (Å²) < 4.78 is 35.9. The van der Waals surface area contributed by atoms with E-state index in [2.05, 4.69) is 16.0 Å². The first-order chi connectivity index (χ1) is 25.5. The molecule has 2 rings (SSSR count). The first-order valence-corrected chi connectivity index (χ1v) is 19.0. The van der Waals surface area contributed by atoms with Crippen molar-refractivity contribution in [2.24, 2.45) is 0 Å². The lowest BCUT2D eigenvalue weighted by Gasteiger charge is -2.45. The van der Waals surface area contributed by atoms with Crippen LogP contribution in [0.4, 0.5) is 9.59 Å². The monoisotopic (exact) mass is 857 g/mol. The molecule has 1 heterocycles. The van der Waals surface area contributed by atoms with Crippen LogP contribution < -0.4 is 16.0 Å². The number of alkyl halides is 3. The summed E-state index contributed by atoms with van der Waals surface area (Å²) in [4.78, 5) is 88.2. The predicted molar refractivity (Wildman–Crippen MR) is 199 cm³/mol. The molecule has 0 radical (unpaired) electrons. The normalized spacial score (nSPS) is 20.7. The second kappa shape index (κ2) is 22.1. The molecule has 1 saturated heterocycles. The molecule has 0 aromatic heterocycles. The van der Waals surface area contributed by atoms with E-state index in [1.165, 1.54) is 6.92 Å². The number of thioether (sulfide) groups is 1. The highest BCUT2D eigenvalue weighted by atomic mass is 35.6. The fraction of sp³-hybridized carbons (Fsp3) is 0.618. The first-order valence-electron chi connectivity index (χ1n) is 16.8. The topological polar surface area (TPSA) is 220 Å². The fourth-order valence-corrected chi connectivity index (χ4v) is 6.19. The molecule has 21 heteroatoms. The molecule has 3 N–H and O–H groups in total. The second-order valence-electron chi connectivity index (χ2n) is 13.0. The van der Waals surface area contributed by atoms with Gasteiger partial charge in [-0.3, -0.25) is 19.2 Å². The SMILES string of the molecule is CC(=O)OC[C@H]1O[C@@H](SCC[C@H](NC(=O)OC(C)(C)C)C(=O)N[C@@H](C)C(=O)OCc2ccccc2)[C@H](NC(=O)OCC(Cl)(Cl)Cl)[C@@H](OC(C)=O)[C@@H]1OC(C)=O. The molecule has 1 aliphatic rings. The van der Waals surface area contributed by atoms with Crippen LogP contribution in [0.25, 0.3) is 0 Å². The van der Waals surface area contributed by atoms with Gasteiger partial charge in [-0.15, -0.1) is 11.8 Å². The minimum absolute atomic E-state index is 0.0158. The van der Waals surface area contributed by atoms with E-state index in [1.54, 1.807) is 45.0 Å². The molecule has 1 fully saturated rings. The van der Waals surface area contributed by atoms with E-state index in [9.17, 15) is 33.6 Å². The van der Waals surface area contributed by atoms with Gasteiger partial charge < -0.3 is 49.1 Å². The van der Waals surface area contributed by atoms with Crippen molar-refractivity contribution in [2.45, 2.75) is 113 Å². The van der Waals surface area contributed by atoms with E-state index in [4.69, 9.17) is 68.0 Å². The molecule has 0 unspecified atom stereocenters. The Morgan fingerprint density at radius 3 is 2.02 bits per heavy atom. The third kappa shape index (κ3) is 18.7. The van der Waals surface area contributed by atoms with Crippen molar-refractivity contribution in [2.75, 3.05) is 19.0 Å². The molecule has 0 spiro atoms. The van der Waals surface area contributed by atoms with Crippen LogP contribution >= 0.6 is 46.6 Å². The third-order valence-corrected chi connectivity index (χ3v) is 8.52. The minimum Gasteiger partial charge on any atom is -0.463 e. The van der Waals surface area contributed by atoms with Crippen LogP contribution in [0, 0.1) is 0 Å². The maximum atomic E-state index is 13.5. The standard InChI is InChI=1S/C34H46Cl3N3O14S/c1-18(29(45)49-15-22-11-9-8-10-12-22)38-28(44)23(39-32(47)54-33(5,6)7)13-14-55-30-25(40-31(46)50-17-34(35,36)37)27(52-21(4)43)26(51-20(3)42)24(53-30)16-48-19(2)41/h8-12,18,23-27,30H,13-17H2,1-7H3,(H,38,44)(H,39,47)(H,40,46)/t18-,23-,24+,25+,26+,27+,30-/m0/s1. The van der Waals surface area contributed by atoms with Crippen molar-refractivity contribution in [1.29, 1.82) is 0 Å². The lowest BCUT2D eigenvalue weighted by Crippen LogP contribution is -2.65. The van der Waals surface area contributed by atoms with E-state index < -0.39 is 106 Å². The quantitative estimate of drug-likeness (QED) is 0.122. The summed E-state index contributed by atoms with van der Waals surface area (Å²) in [5, 5.41) is 7.52. The summed E-state index contributed by atoms with van der Waals surface area (Å²) in [6.45, 7) is 8.42. The van der Waals surface area contributed by atoms with Crippen LogP contribution in [-0.2, 0) is 63.7 Å². The average Bonchev–Trinajstić information content (AvgIpc) is 3.06. The highest BCUT2D eigenvalue weighted by Gasteiger charge is 2.51. The largest absolute Gasteiger partial charge is 0.463 e. The molecule has 0 saturated carbocycles. The second-order valence-corrected chi connectivity index (χ2v) is 16.8. The fourth-order valence-electron chi connectivity index (χ4n) is 4.77. The number of carbonyl (C=O) groups is 7. The molecule has 1 aromatic carbocycles. The van der Waals surface area contributed by atoms with Gasteiger partial charge in [-0.2, -0.15) is 0 Å². The Kier molecular flexibility index (Phi) is 19.1. The van der Waals surface area contributed by atoms with Gasteiger partial charge in [0.15, 0.2) is 12.2 Å². The Bertz CT molecular complexity index is 1490. The number of hydrogen-bond acceptors (Lipinski definition) is 15. The number of amides is 3. The zero-order valence-corrected chi connectivity index (χ0v) is 34.3. The van der Waals surface area contributed by atoms with Gasteiger partial charge in [-0.25, -0.2) is 14.4 Å². The first kappa shape index (κ1) is 47.4. The smallest absolute Gasteiger partial charge is 0.408 e. The van der Waals surface area contributed by atoms with Gasteiger partial charge in [0.1, 0.15) is 55.1 Å². The molecule has 7 atom stereocenters. The third-order valence-electron chi connectivity index (χ3n) is 6.99. The van der Waals surface area contributed by atoms with Gasteiger partial charge in [0.2, 0.25) is 9.70 Å². The summed E-state index contributed by atoms with van der Waals surface area (Å²) in [6.07, 6.45) is -6.28. The molecular formula is C34H46Cl3N3O14S. The summed E-state index contributed by atoms with van der Waals surface area (Å²) in [5.74, 6) is -3.86. The van der Waals surface area contributed by atoms with Crippen molar-refractivity contribution in [1.82, 2.24) is 16.0 Å². The van der Waals surface area contributed by atoms with Crippen molar-refractivity contribution in [3.8, 4) is 0 Å². The van der Waals surface area contributed by atoms with Gasteiger partial charge in [-0.1, -0.05) is 65.1 Å². The number of hydrogen-bond donors (Lipinski definition) is 3. The van der Waals surface area contributed by atoms with Crippen LogP contribution in [0.3, 0.4) is 0 Å². The van der Waals surface area contributed by atoms with Crippen molar-refractivity contribution in [3.63, 3.8) is 0 Å². The van der Waals surface area contributed by atoms with Gasteiger partial charge in [-0.05, 0) is 45.4 Å². The van der Waals surface area contributed by atoms with E-state index in [0.717, 1.165) is 38.1 Å². The Balaban J connectivity index is 2.36. The molecule has 3 amide bonds. The Morgan fingerprint density at radius 1 is 0.836 bits per heavy atom. The van der Waals surface area contributed by atoms with E-state index in [0.29, 0.717) is 0 Å². The molecule has 1 aromatic rings. The molecule has 55 heavy (non-hydrogen) atoms. The molecule has 308 valence electrons. The van der Waals surface area contributed by atoms with Crippen molar-refractivity contribution in [3.05, 3.63) is 35.9 Å². The number of alkyl carbamates (subject to hydrolysis) is 2. The zero-order chi connectivity index (χ0) is 41.5. The molecule has 17 nitrogen and oxygen atoms in total. The van der Waals surface area contributed by atoms with Gasteiger partial charge in [0.05, 0.1) is 0 Å². The van der Waals surface area contributed by atoms with Crippen LogP contribution in [-0.4, -0.2) is 112 Å². The van der Waals surface area contributed by atoms with Crippen molar-refractivity contribution >= 4 is 88.5 Å². The lowest BCUT2D eigenvalue weighted by molar-refractivity contribution is -0.211. The van der Waals surface area contributed by atoms with E-state index >= 15 is 0 Å². The number of halogens is 3. The van der Waals surface area contributed by atoms with Crippen LogP contribution in [0.5, 0.6) is 0 Å².